The van der Waals surface area contributed by atoms with Crippen LogP contribution in [-0.2, 0) is 4.79 Å². The predicted octanol–water partition coefficient (Wildman–Crippen LogP) is 4.53. The molecule has 2 fully saturated rings. The highest BCUT2D eigenvalue weighted by molar-refractivity contribution is 6.31. The van der Waals surface area contributed by atoms with Crippen LogP contribution in [0.3, 0.4) is 0 Å². The van der Waals surface area contributed by atoms with Crippen LogP contribution in [0.25, 0.3) is 0 Å². The molecule has 3 rings (SSSR count). The van der Waals surface area contributed by atoms with Crippen molar-refractivity contribution in [3.63, 3.8) is 0 Å². The van der Waals surface area contributed by atoms with Gasteiger partial charge in [-0.15, -0.1) is 0 Å². The van der Waals surface area contributed by atoms with Crippen LogP contribution in [0.5, 0.6) is 0 Å². The summed E-state index contributed by atoms with van der Waals surface area (Å²) in [5.41, 5.74) is 6.11. The Labute approximate surface area is 154 Å². The number of carbonyl (C=O) groups excluding carboxylic acids is 1. The third-order valence-electron chi connectivity index (χ3n) is 6.21. The van der Waals surface area contributed by atoms with E-state index < -0.39 is 5.54 Å². The van der Waals surface area contributed by atoms with Crippen molar-refractivity contribution in [2.24, 2.45) is 11.7 Å². The maximum absolute atomic E-state index is 13.6. The van der Waals surface area contributed by atoms with E-state index in [-0.39, 0.29) is 16.7 Å². The zero-order chi connectivity index (χ0) is 17.9. The minimum absolute atomic E-state index is 0.200. The van der Waals surface area contributed by atoms with E-state index in [1.807, 2.05) is 6.07 Å². The molecule has 2 aliphatic carbocycles. The van der Waals surface area contributed by atoms with Crippen molar-refractivity contribution in [2.75, 3.05) is 6.54 Å². The Balaban J connectivity index is 1.47. The van der Waals surface area contributed by atoms with Gasteiger partial charge in [0.15, 0.2) is 0 Å². The number of nitrogens with two attached hydrogens (primary N) is 1. The summed E-state index contributed by atoms with van der Waals surface area (Å²) < 4.78 is 13.6. The molecule has 0 atom stereocenters. The molecule has 1 aromatic carbocycles. The van der Waals surface area contributed by atoms with Crippen LogP contribution < -0.4 is 11.1 Å². The molecule has 0 radical (unpaired) electrons. The Bertz CT molecular complexity index is 608. The summed E-state index contributed by atoms with van der Waals surface area (Å²) in [6.45, 7) is 0.846. The number of carbonyl (C=O) groups is 1. The van der Waals surface area contributed by atoms with Gasteiger partial charge in [0, 0.05) is 0 Å². The maximum atomic E-state index is 13.6. The van der Waals surface area contributed by atoms with Gasteiger partial charge in [-0.1, -0.05) is 36.6 Å². The van der Waals surface area contributed by atoms with Crippen LogP contribution in [0.15, 0.2) is 18.2 Å². The molecule has 0 bridgehead atoms. The van der Waals surface area contributed by atoms with Crippen molar-refractivity contribution in [1.82, 2.24) is 5.32 Å². The minimum Gasteiger partial charge on any atom is -0.368 e. The molecule has 0 saturated heterocycles. The lowest BCUT2D eigenvalue weighted by molar-refractivity contribution is -0.124. The van der Waals surface area contributed by atoms with Crippen molar-refractivity contribution in [3.05, 3.63) is 34.6 Å². The molecule has 2 aliphatic rings. The van der Waals surface area contributed by atoms with Crippen molar-refractivity contribution in [1.29, 1.82) is 0 Å². The average molecular weight is 367 g/mol. The number of halogens is 2. The maximum Gasteiger partial charge on any atom is 0.237 e. The fourth-order valence-electron chi connectivity index (χ4n) is 4.60. The van der Waals surface area contributed by atoms with Gasteiger partial charge in [-0.25, -0.2) is 4.39 Å². The van der Waals surface area contributed by atoms with E-state index in [4.69, 9.17) is 17.3 Å². The van der Waals surface area contributed by atoms with Crippen molar-refractivity contribution in [3.8, 4) is 0 Å². The van der Waals surface area contributed by atoms with Crippen LogP contribution in [0.1, 0.15) is 69.3 Å². The molecule has 1 aromatic rings. The van der Waals surface area contributed by atoms with E-state index in [9.17, 15) is 9.18 Å². The smallest absolute Gasteiger partial charge is 0.237 e. The summed E-state index contributed by atoms with van der Waals surface area (Å²) >= 11 is 6.14. The van der Waals surface area contributed by atoms with Gasteiger partial charge in [0.25, 0.3) is 0 Å². The first-order valence-corrected chi connectivity index (χ1v) is 9.88. The Morgan fingerprint density at radius 1 is 1.24 bits per heavy atom. The first-order chi connectivity index (χ1) is 12.0. The van der Waals surface area contributed by atoms with Gasteiger partial charge in [0.1, 0.15) is 5.82 Å². The molecule has 5 heteroatoms. The summed E-state index contributed by atoms with van der Waals surface area (Å²) in [4.78, 5) is 11.8. The summed E-state index contributed by atoms with van der Waals surface area (Å²) in [5.74, 6) is 0.495. The SMILES string of the molecule is NC(=O)C1(NCCC2CCC(c3cccc(F)c3Cl)CC2)CCCC1. The number of benzene rings is 1. The number of rotatable bonds is 6. The van der Waals surface area contributed by atoms with Gasteiger partial charge in [0.05, 0.1) is 10.6 Å². The van der Waals surface area contributed by atoms with Gasteiger partial charge >= 0.3 is 0 Å². The van der Waals surface area contributed by atoms with E-state index in [1.165, 1.54) is 6.07 Å². The molecule has 0 heterocycles. The van der Waals surface area contributed by atoms with Crippen LogP contribution in [0, 0.1) is 11.7 Å². The second-order valence-electron chi connectivity index (χ2n) is 7.73. The molecule has 0 aliphatic heterocycles. The van der Waals surface area contributed by atoms with Gasteiger partial charge in [-0.2, -0.15) is 0 Å². The molecule has 0 spiro atoms. The largest absolute Gasteiger partial charge is 0.368 e. The lowest BCUT2D eigenvalue weighted by atomic mass is 9.77. The van der Waals surface area contributed by atoms with Gasteiger partial charge in [-0.3, -0.25) is 4.79 Å². The number of amides is 1. The van der Waals surface area contributed by atoms with Gasteiger partial charge in [-0.05, 0) is 75.0 Å². The predicted molar refractivity (Wildman–Crippen MR) is 99.1 cm³/mol. The van der Waals surface area contributed by atoms with Gasteiger partial charge in [0.2, 0.25) is 5.91 Å². The molecular weight excluding hydrogens is 339 g/mol. The van der Waals surface area contributed by atoms with Gasteiger partial charge < -0.3 is 11.1 Å². The average Bonchev–Trinajstić information content (AvgIpc) is 3.08. The molecule has 0 unspecified atom stereocenters. The summed E-state index contributed by atoms with van der Waals surface area (Å²) in [7, 11) is 0. The van der Waals surface area contributed by atoms with E-state index in [0.717, 1.165) is 69.9 Å². The fourth-order valence-corrected chi connectivity index (χ4v) is 4.88. The Morgan fingerprint density at radius 3 is 2.56 bits per heavy atom. The lowest BCUT2D eigenvalue weighted by Gasteiger charge is -2.31. The molecule has 1 amide bonds. The topological polar surface area (TPSA) is 55.1 Å². The lowest BCUT2D eigenvalue weighted by Crippen LogP contribution is -2.53. The van der Waals surface area contributed by atoms with Crippen molar-refractivity contribution in [2.45, 2.75) is 69.2 Å². The van der Waals surface area contributed by atoms with E-state index in [1.54, 1.807) is 6.07 Å². The molecule has 0 aromatic heterocycles. The molecule has 138 valence electrons. The first-order valence-electron chi connectivity index (χ1n) is 9.51. The fraction of sp³-hybridized carbons (Fsp3) is 0.650. The van der Waals surface area contributed by atoms with Crippen LogP contribution in [-0.4, -0.2) is 18.0 Å². The van der Waals surface area contributed by atoms with Crippen molar-refractivity contribution >= 4 is 17.5 Å². The number of primary amides is 1. The molecule has 2 saturated carbocycles. The monoisotopic (exact) mass is 366 g/mol. The number of nitrogens with one attached hydrogen (secondary N) is 1. The first kappa shape index (κ1) is 18.7. The Morgan fingerprint density at radius 2 is 1.92 bits per heavy atom. The summed E-state index contributed by atoms with van der Waals surface area (Å²) in [6, 6.07) is 5.12. The molecule has 3 nitrogen and oxygen atoms in total. The second kappa shape index (κ2) is 8.05. The zero-order valence-electron chi connectivity index (χ0n) is 14.7. The summed E-state index contributed by atoms with van der Waals surface area (Å²) in [6.07, 6.45) is 9.32. The van der Waals surface area contributed by atoms with E-state index in [0.29, 0.717) is 11.8 Å². The second-order valence-corrected chi connectivity index (χ2v) is 8.11. The molecular formula is C20H28ClFN2O. The third-order valence-corrected chi connectivity index (χ3v) is 6.61. The highest BCUT2D eigenvalue weighted by Crippen LogP contribution is 2.40. The third kappa shape index (κ3) is 4.17. The van der Waals surface area contributed by atoms with Crippen LogP contribution >= 0.6 is 11.6 Å². The normalized spacial score (nSPS) is 25.8. The zero-order valence-corrected chi connectivity index (χ0v) is 15.5. The van der Waals surface area contributed by atoms with Crippen molar-refractivity contribution < 1.29 is 9.18 Å². The van der Waals surface area contributed by atoms with E-state index in [2.05, 4.69) is 5.32 Å². The van der Waals surface area contributed by atoms with E-state index >= 15 is 0 Å². The molecule has 25 heavy (non-hydrogen) atoms. The quantitative estimate of drug-likeness (QED) is 0.777. The highest BCUT2D eigenvalue weighted by Gasteiger charge is 2.39. The van der Waals surface area contributed by atoms with Crippen LogP contribution in [0.4, 0.5) is 4.39 Å². The Hall–Kier alpha value is -1.13. The highest BCUT2D eigenvalue weighted by atomic mass is 35.5. The number of hydrogen-bond donors (Lipinski definition) is 2. The number of hydrogen-bond acceptors (Lipinski definition) is 2. The Kier molecular flexibility index (Phi) is 6.00. The minimum atomic E-state index is -0.466. The standard InChI is InChI=1S/C20H28ClFN2O/c21-18-16(4-3-5-17(18)22)15-8-6-14(7-9-15)10-13-24-20(19(23)25)11-1-2-12-20/h3-5,14-15,24H,1-2,6-13H2,(H2,23,25). The summed E-state index contributed by atoms with van der Waals surface area (Å²) in [5, 5.41) is 3.75. The van der Waals surface area contributed by atoms with Crippen LogP contribution in [0.2, 0.25) is 5.02 Å². The molecule has 3 N–H and O–H groups in total.